The number of rotatable bonds is 2. The SMILES string of the molecule is Cc1cc(C2CNCC(C(C)C)O2)c(C)o1. The minimum absolute atomic E-state index is 0.138. The van der Waals surface area contributed by atoms with E-state index in [0.717, 1.165) is 24.6 Å². The Hall–Kier alpha value is -0.800. The summed E-state index contributed by atoms with van der Waals surface area (Å²) in [7, 11) is 0. The molecule has 1 fully saturated rings. The van der Waals surface area contributed by atoms with Crippen LogP contribution in [-0.4, -0.2) is 19.2 Å². The van der Waals surface area contributed by atoms with E-state index in [4.69, 9.17) is 9.15 Å². The van der Waals surface area contributed by atoms with Crippen LogP contribution in [0, 0.1) is 19.8 Å². The van der Waals surface area contributed by atoms with Gasteiger partial charge in [0.2, 0.25) is 0 Å². The zero-order valence-corrected chi connectivity index (χ0v) is 10.5. The van der Waals surface area contributed by atoms with Crippen molar-refractivity contribution in [1.82, 2.24) is 5.32 Å². The maximum atomic E-state index is 6.11. The standard InChI is InChI=1S/C13H21NO2/c1-8(2)12-6-14-7-13(16-12)11-5-9(3)15-10(11)4/h5,8,12-14H,6-7H2,1-4H3. The molecule has 1 saturated heterocycles. The molecule has 0 saturated carbocycles. The zero-order chi connectivity index (χ0) is 11.7. The first kappa shape index (κ1) is 11.7. The van der Waals surface area contributed by atoms with Gasteiger partial charge in [0.15, 0.2) is 0 Å². The molecule has 0 radical (unpaired) electrons. The molecule has 0 aliphatic carbocycles. The van der Waals surface area contributed by atoms with Crippen molar-refractivity contribution in [3.05, 3.63) is 23.2 Å². The van der Waals surface area contributed by atoms with Crippen LogP contribution in [-0.2, 0) is 4.74 Å². The van der Waals surface area contributed by atoms with E-state index in [1.165, 1.54) is 5.56 Å². The van der Waals surface area contributed by atoms with Crippen molar-refractivity contribution in [2.75, 3.05) is 13.1 Å². The van der Waals surface area contributed by atoms with Crippen LogP contribution in [0.15, 0.2) is 10.5 Å². The molecule has 0 aromatic carbocycles. The molecular weight excluding hydrogens is 202 g/mol. The van der Waals surface area contributed by atoms with Crippen LogP contribution < -0.4 is 5.32 Å². The lowest BCUT2D eigenvalue weighted by molar-refractivity contribution is -0.0608. The van der Waals surface area contributed by atoms with Gasteiger partial charge in [0.25, 0.3) is 0 Å². The number of hydrogen-bond acceptors (Lipinski definition) is 3. The second-order valence-electron chi connectivity index (χ2n) is 4.93. The highest BCUT2D eigenvalue weighted by molar-refractivity contribution is 5.23. The number of aryl methyl sites for hydroxylation is 2. The maximum Gasteiger partial charge on any atom is 0.106 e. The Morgan fingerprint density at radius 2 is 2.06 bits per heavy atom. The molecule has 0 amide bonds. The van der Waals surface area contributed by atoms with Gasteiger partial charge in [-0.25, -0.2) is 0 Å². The highest BCUT2D eigenvalue weighted by Gasteiger charge is 2.27. The van der Waals surface area contributed by atoms with Gasteiger partial charge in [-0.15, -0.1) is 0 Å². The molecule has 2 heterocycles. The van der Waals surface area contributed by atoms with Crippen LogP contribution in [0.4, 0.5) is 0 Å². The van der Waals surface area contributed by atoms with Crippen LogP contribution in [0.2, 0.25) is 0 Å². The van der Waals surface area contributed by atoms with Crippen LogP contribution in [0.25, 0.3) is 0 Å². The number of hydrogen-bond donors (Lipinski definition) is 1. The summed E-state index contributed by atoms with van der Waals surface area (Å²) in [6.45, 7) is 10.2. The van der Waals surface area contributed by atoms with Crippen molar-refractivity contribution >= 4 is 0 Å². The minimum atomic E-state index is 0.138. The predicted molar refractivity (Wildman–Crippen MR) is 63.5 cm³/mol. The van der Waals surface area contributed by atoms with E-state index in [0.29, 0.717) is 12.0 Å². The normalized spacial score (nSPS) is 26.3. The fourth-order valence-electron chi connectivity index (χ4n) is 2.21. The van der Waals surface area contributed by atoms with Gasteiger partial charge in [0.1, 0.15) is 11.5 Å². The molecule has 3 heteroatoms. The lowest BCUT2D eigenvalue weighted by Crippen LogP contribution is -2.43. The van der Waals surface area contributed by atoms with Gasteiger partial charge in [-0.3, -0.25) is 0 Å². The third-order valence-electron chi connectivity index (χ3n) is 3.18. The van der Waals surface area contributed by atoms with E-state index in [2.05, 4.69) is 25.2 Å². The molecule has 2 atom stereocenters. The third kappa shape index (κ3) is 2.30. The number of furan rings is 1. The molecule has 2 unspecified atom stereocenters. The van der Waals surface area contributed by atoms with E-state index in [-0.39, 0.29) is 6.10 Å². The van der Waals surface area contributed by atoms with Crippen LogP contribution >= 0.6 is 0 Å². The fraction of sp³-hybridized carbons (Fsp3) is 0.692. The maximum absolute atomic E-state index is 6.11. The molecule has 90 valence electrons. The van der Waals surface area contributed by atoms with E-state index < -0.39 is 0 Å². The van der Waals surface area contributed by atoms with Crippen molar-refractivity contribution in [1.29, 1.82) is 0 Å². The van der Waals surface area contributed by atoms with Gasteiger partial charge in [-0.2, -0.15) is 0 Å². The largest absolute Gasteiger partial charge is 0.466 e. The molecule has 0 bridgehead atoms. The van der Waals surface area contributed by atoms with Crippen molar-refractivity contribution in [3.63, 3.8) is 0 Å². The second-order valence-corrected chi connectivity index (χ2v) is 4.93. The van der Waals surface area contributed by atoms with Crippen LogP contribution in [0.5, 0.6) is 0 Å². The summed E-state index contributed by atoms with van der Waals surface area (Å²) < 4.78 is 11.7. The summed E-state index contributed by atoms with van der Waals surface area (Å²) in [4.78, 5) is 0. The molecule has 1 aromatic rings. The first-order valence-electron chi connectivity index (χ1n) is 6.01. The molecule has 2 rings (SSSR count). The Bertz CT molecular complexity index is 357. The van der Waals surface area contributed by atoms with Crippen molar-refractivity contribution in [3.8, 4) is 0 Å². The molecular formula is C13H21NO2. The van der Waals surface area contributed by atoms with Crippen LogP contribution in [0.3, 0.4) is 0 Å². The first-order valence-corrected chi connectivity index (χ1v) is 6.01. The summed E-state index contributed by atoms with van der Waals surface area (Å²) in [6.07, 6.45) is 0.437. The van der Waals surface area contributed by atoms with E-state index in [1.54, 1.807) is 0 Å². The average Bonchev–Trinajstić information content (AvgIpc) is 2.58. The topological polar surface area (TPSA) is 34.4 Å². The molecule has 3 nitrogen and oxygen atoms in total. The van der Waals surface area contributed by atoms with Crippen molar-refractivity contribution in [2.24, 2.45) is 5.92 Å². The van der Waals surface area contributed by atoms with Gasteiger partial charge < -0.3 is 14.5 Å². The summed E-state index contributed by atoms with van der Waals surface area (Å²) in [5.41, 5.74) is 1.19. The van der Waals surface area contributed by atoms with Gasteiger partial charge in [0.05, 0.1) is 12.2 Å². The number of morpholine rings is 1. The smallest absolute Gasteiger partial charge is 0.106 e. The molecule has 16 heavy (non-hydrogen) atoms. The Kier molecular flexibility index (Phi) is 3.36. The van der Waals surface area contributed by atoms with Crippen molar-refractivity contribution < 1.29 is 9.15 Å². The molecule has 1 aliphatic heterocycles. The average molecular weight is 223 g/mol. The van der Waals surface area contributed by atoms with E-state index in [1.807, 2.05) is 13.8 Å². The second kappa shape index (κ2) is 4.60. The van der Waals surface area contributed by atoms with Crippen molar-refractivity contribution in [2.45, 2.75) is 39.9 Å². The van der Waals surface area contributed by atoms with Gasteiger partial charge >= 0.3 is 0 Å². The summed E-state index contributed by atoms with van der Waals surface area (Å²) in [6, 6.07) is 2.09. The highest BCUT2D eigenvalue weighted by atomic mass is 16.5. The predicted octanol–water partition coefficient (Wildman–Crippen LogP) is 2.58. The number of nitrogens with one attached hydrogen (secondary N) is 1. The molecule has 1 aromatic heterocycles. The lowest BCUT2D eigenvalue weighted by atomic mass is 10.0. The molecule has 0 spiro atoms. The Morgan fingerprint density at radius 3 is 2.62 bits per heavy atom. The summed E-state index contributed by atoms with van der Waals surface area (Å²) in [5, 5.41) is 3.43. The zero-order valence-electron chi connectivity index (χ0n) is 10.5. The minimum Gasteiger partial charge on any atom is -0.466 e. The Balaban J connectivity index is 2.12. The van der Waals surface area contributed by atoms with Gasteiger partial charge in [-0.1, -0.05) is 13.8 Å². The first-order chi connectivity index (χ1) is 7.58. The third-order valence-corrected chi connectivity index (χ3v) is 3.18. The lowest BCUT2D eigenvalue weighted by Gasteiger charge is -2.33. The summed E-state index contributed by atoms with van der Waals surface area (Å²) >= 11 is 0. The van der Waals surface area contributed by atoms with Gasteiger partial charge in [0, 0.05) is 18.7 Å². The Labute approximate surface area is 97.2 Å². The number of ether oxygens (including phenoxy) is 1. The molecule has 1 N–H and O–H groups in total. The quantitative estimate of drug-likeness (QED) is 0.836. The van der Waals surface area contributed by atoms with E-state index in [9.17, 15) is 0 Å². The highest BCUT2D eigenvalue weighted by Crippen LogP contribution is 2.28. The monoisotopic (exact) mass is 223 g/mol. The van der Waals surface area contributed by atoms with Crippen LogP contribution in [0.1, 0.15) is 37.0 Å². The molecule has 1 aliphatic rings. The van der Waals surface area contributed by atoms with Gasteiger partial charge in [-0.05, 0) is 25.8 Å². The fourth-order valence-corrected chi connectivity index (χ4v) is 2.21. The van der Waals surface area contributed by atoms with E-state index >= 15 is 0 Å². The summed E-state index contributed by atoms with van der Waals surface area (Å²) in [5.74, 6) is 2.49. The Morgan fingerprint density at radius 1 is 1.31 bits per heavy atom.